The van der Waals surface area contributed by atoms with Crippen LogP contribution < -0.4 is 10.6 Å². The number of amides is 2. The van der Waals surface area contributed by atoms with Crippen molar-refractivity contribution in [2.45, 2.75) is 19.9 Å². The number of pyridine rings is 1. The number of carbonyl (C=O) groups is 1. The van der Waals surface area contributed by atoms with Crippen molar-refractivity contribution in [2.75, 3.05) is 5.32 Å². The molecule has 0 aliphatic rings. The third-order valence-corrected chi connectivity index (χ3v) is 3.61. The molecular weight excluding hydrogens is 318 g/mol. The average molecular weight is 337 g/mol. The molecular formula is C18H19N5O2. The minimum absolute atomic E-state index is 0.0729. The van der Waals surface area contributed by atoms with Crippen LogP contribution in [-0.2, 0) is 0 Å². The van der Waals surface area contributed by atoms with Gasteiger partial charge in [-0.15, -0.1) is 0 Å². The molecule has 3 rings (SSSR count). The molecule has 3 aromatic rings. The highest BCUT2D eigenvalue weighted by Crippen LogP contribution is 2.23. The number of rotatable bonds is 5. The molecule has 0 bridgehead atoms. The van der Waals surface area contributed by atoms with E-state index < -0.39 is 6.04 Å². The lowest BCUT2D eigenvalue weighted by Gasteiger charge is -2.18. The minimum Gasteiger partial charge on any atom is -0.337 e. The van der Waals surface area contributed by atoms with Crippen LogP contribution in [0.1, 0.15) is 25.8 Å². The summed E-state index contributed by atoms with van der Waals surface area (Å²) in [6.07, 6.45) is 3.34. The first-order chi connectivity index (χ1) is 12.1. The highest BCUT2D eigenvalue weighted by Gasteiger charge is 2.25. The Morgan fingerprint density at radius 3 is 2.60 bits per heavy atom. The Morgan fingerprint density at radius 2 is 1.92 bits per heavy atom. The van der Waals surface area contributed by atoms with Crippen LogP contribution in [0, 0.1) is 5.92 Å². The summed E-state index contributed by atoms with van der Waals surface area (Å²) in [5.41, 5.74) is 1.47. The first-order valence-electron chi connectivity index (χ1n) is 8.00. The largest absolute Gasteiger partial charge is 0.337 e. The molecule has 1 atom stereocenters. The second kappa shape index (κ2) is 7.57. The molecule has 1 aromatic carbocycles. The fraction of sp³-hybridized carbons (Fsp3) is 0.222. The highest BCUT2D eigenvalue weighted by atomic mass is 16.5. The van der Waals surface area contributed by atoms with E-state index in [1.54, 1.807) is 18.5 Å². The van der Waals surface area contributed by atoms with Gasteiger partial charge in [-0.25, -0.2) is 4.79 Å². The molecule has 7 nitrogen and oxygen atoms in total. The normalized spacial score (nSPS) is 12.0. The third kappa shape index (κ3) is 4.20. The number of urea groups is 1. The Kier molecular flexibility index (Phi) is 5.03. The number of carbonyl (C=O) groups excluding carboxylic acids is 1. The zero-order valence-electron chi connectivity index (χ0n) is 14.0. The molecule has 0 radical (unpaired) electrons. The number of hydrogen-bond donors (Lipinski definition) is 2. The summed E-state index contributed by atoms with van der Waals surface area (Å²) in [5, 5.41) is 9.65. The van der Waals surface area contributed by atoms with Crippen LogP contribution >= 0.6 is 0 Å². The SMILES string of the molecule is CC(C)[C@H](NC(=O)Nc1ccccc1)c1nc(-c2cccnc2)no1. The van der Waals surface area contributed by atoms with Crippen LogP contribution in [0.5, 0.6) is 0 Å². The molecule has 0 saturated carbocycles. The van der Waals surface area contributed by atoms with E-state index in [1.165, 1.54) is 0 Å². The van der Waals surface area contributed by atoms with E-state index in [0.717, 1.165) is 5.56 Å². The van der Waals surface area contributed by atoms with Crippen molar-refractivity contribution in [3.8, 4) is 11.4 Å². The van der Waals surface area contributed by atoms with Crippen molar-refractivity contribution in [3.63, 3.8) is 0 Å². The van der Waals surface area contributed by atoms with E-state index in [1.807, 2.05) is 50.2 Å². The molecule has 128 valence electrons. The van der Waals surface area contributed by atoms with Crippen LogP contribution in [-0.4, -0.2) is 21.2 Å². The van der Waals surface area contributed by atoms with E-state index >= 15 is 0 Å². The highest BCUT2D eigenvalue weighted by molar-refractivity contribution is 5.89. The molecule has 0 fully saturated rings. The van der Waals surface area contributed by atoms with Crippen LogP contribution in [0.25, 0.3) is 11.4 Å². The monoisotopic (exact) mass is 337 g/mol. The van der Waals surface area contributed by atoms with Gasteiger partial charge in [-0.2, -0.15) is 4.98 Å². The number of benzene rings is 1. The second-order valence-electron chi connectivity index (χ2n) is 5.88. The third-order valence-electron chi connectivity index (χ3n) is 3.61. The Labute approximate surface area is 145 Å². The topological polar surface area (TPSA) is 92.9 Å². The van der Waals surface area contributed by atoms with E-state index in [-0.39, 0.29) is 11.9 Å². The van der Waals surface area contributed by atoms with E-state index in [2.05, 4.69) is 25.8 Å². The molecule has 0 aliphatic heterocycles. The summed E-state index contributed by atoms with van der Waals surface area (Å²) >= 11 is 0. The standard InChI is InChI=1S/C18H19N5O2/c1-12(2)15(21-18(24)20-14-8-4-3-5-9-14)17-22-16(23-25-17)13-7-6-10-19-11-13/h3-12,15H,1-2H3,(H2,20,21,24)/t15-/m0/s1. The molecule has 0 aliphatic carbocycles. The van der Waals surface area contributed by atoms with Gasteiger partial charge in [-0.05, 0) is 30.2 Å². The van der Waals surface area contributed by atoms with Crippen LogP contribution in [0.2, 0.25) is 0 Å². The molecule has 7 heteroatoms. The van der Waals surface area contributed by atoms with E-state index in [9.17, 15) is 4.79 Å². The first kappa shape index (κ1) is 16.6. The maximum absolute atomic E-state index is 12.3. The number of nitrogens with one attached hydrogen (secondary N) is 2. The molecule has 0 unspecified atom stereocenters. The van der Waals surface area contributed by atoms with Crippen LogP contribution in [0.3, 0.4) is 0 Å². The van der Waals surface area contributed by atoms with Gasteiger partial charge < -0.3 is 15.2 Å². The van der Waals surface area contributed by atoms with Crippen molar-refractivity contribution in [1.29, 1.82) is 0 Å². The Balaban J connectivity index is 1.73. The summed E-state index contributed by atoms with van der Waals surface area (Å²) < 4.78 is 5.36. The van der Waals surface area contributed by atoms with Gasteiger partial charge in [-0.1, -0.05) is 37.2 Å². The fourth-order valence-corrected chi connectivity index (χ4v) is 2.32. The van der Waals surface area contributed by atoms with Gasteiger partial charge in [0.25, 0.3) is 0 Å². The molecule has 2 heterocycles. The predicted molar refractivity (Wildman–Crippen MR) is 93.7 cm³/mol. The molecule has 25 heavy (non-hydrogen) atoms. The zero-order valence-corrected chi connectivity index (χ0v) is 14.0. The van der Waals surface area contributed by atoms with Gasteiger partial charge in [0.15, 0.2) is 0 Å². The number of anilines is 1. The van der Waals surface area contributed by atoms with Crippen molar-refractivity contribution < 1.29 is 9.32 Å². The summed E-state index contributed by atoms with van der Waals surface area (Å²) in [6, 6.07) is 12.2. The smallest absolute Gasteiger partial charge is 0.319 e. The lowest BCUT2D eigenvalue weighted by atomic mass is 10.0. The van der Waals surface area contributed by atoms with Gasteiger partial charge in [0.1, 0.15) is 6.04 Å². The predicted octanol–water partition coefficient (Wildman–Crippen LogP) is 3.65. The van der Waals surface area contributed by atoms with Crippen molar-refractivity contribution in [2.24, 2.45) is 5.92 Å². The Hall–Kier alpha value is -3.22. The van der Waals surface area contributed by atoms with Gasteiger partial charge in [-0.3, -0.25) is 4.98 Å². The molecule has 2 amide bonds. The second-order valence-corrected chi connectivity index (χ2v) is 5.88. The molecule has 0 saturated heterocycles. The Morgan fingerprint density at radius 1 is 1.12 bits per heavy atom. The fourth-order valence-electron chi connectivity index (χ4n) is 2.32. The first-order valence-corrected chi connectivity index (χ1v) is 8.00. The van der Waals surface area contributed by atoms with Gasteiger partial charge >= 0.3 is 6.03 Å². The summed E-state index contributed by atoms with van der Waals surface area (Å²) in [7, 11) is 0. The lowest BCUT2D eigenvalue weighted by Crippen LogP contribution is -2.35. The van der Waals surface area contributed by atoms with E-state index in [0.29, 0.717) is 17.4 Å². The van der Waals surface area contributed by atoms with Crippen LogP contribution in [0.15, 0.2) is 59.4 Å². The molecule has 0 spiro atoms. The van der Waals surface area contributed by atoms with E-state index in [4.69, 9.17) is 4.52 Å². The van der Waals surface area contributed by atoms with Crippen molar-refractivity contribution in [1.82, 2.24) is 20.4 Å². The Bertz CT molecular complexity index is 818. The average Bonchev–Trinajstić information content (AvgIpc) is 3.11. The molecule has 2 aromatic heterocycles. The number of nitrogens with zero attached hydrogens (tertiary/aromatic N) is 3. The summed E-state index contributed by atoms with van der Waals surface area (Å²) in [4.78, 5) is 20.7. The summed E-state index contributed by atoms with van der Waals surface area (Å²) in [6.45, 7) is 3.95. The van der Waals surface area contributed by atoms with Gasteiger partial charge in [0.2, 0.25) is 11.7 Å². The quantitative estimate of drug-likeness (QED) is 0.741. The lowest BCUT2D eigenvalue weighted by molar-refractivity contribution is 0.236. The number of hydrogen-bond acceptors (Lipinski definition) is 5. The molecule has 2 N–H and O–H groups in total. The maximum atomic E-state index is 12.3. The van der Waals surface area contributed by atoms with Gasteiger partial charge in [0.05, 0.1) is 0 Å². The van der Waals surface area contributed by atoms with Crippen molar-refractivity contribution in [3.05, 3.63) is 60.7 Å². The van der Waals surface area contributed by atoms with Crippen molar-refractivity contribution >= 4 is 11.7 Å². The minimum atomic E-state index is -0.401. The number of para-hydroxylation sites is 1. The zero-order chi connectivity index (χ0) is 17.6. The van der Waals surface area contributed by atoms with Crippen LogP contribution in [0.4, 0.5) is 10.5 Å². The summed E-state index contributed by atoms with van der Waals surface area (Å²) in [5.74, 6) is 0.875. The number of aromatic nitrogens is 3. The van der Waals surface area contributed by atoms with Gasteiger partial charge in [0, 0.05) is 23.6 Å². The maximum Gasteiger partial charge on any atom is 0.319 e.